The molecule has 2 aliphatic rings. The van der Waals surface area contributed by atoms with Crippen LogP contribution in [-0.4, -0.2) is 19.5 Å². The number of nitrogens with zero attached hydrogens (tertiary/aromatic N) is 4. The lowest BCUT2D eigenvalue weighted by Crippen LogP contribution is -2.20. The Kier molecular flexibility index (Phi) is 3.66. The Morgan fingerprint density at radius 3 is 2.92 bits per heavy atom. The number of aryl methyl sites for hydroxylation is 2. The van der Waals surface area contributed by atoms with Gasteiger partial charge in [-0.2, -0.15) is 0 Å². The van der Waals surface area contributed by atoms with Gasteiger partial charge in [-0.25, -0.2) is 15.0 Å². The predicted octanol–water partition coefficient (Wildman–Crippen LogP) is 3.96. The zero-order valence-corrected chi connectivity index (χ0v) is 16.0. The first-order valence-electron chi connectivity index (χ1n) is 8.34. The number of fused-ring (bicyclic) bond motifs is 3. The second-order valence-corrected chi connectivity index (χ2v) is 9.02. The quantitative estimate of drug-likeness (QED) is 0.500. The van der Waals surface area contributed by atoms with Crippen LogP contribution in [0.25, 0.3) is 10.2 Å². The van der Waals surface area contributed by atoms with E-state index in [0.717, 1.165) is 53.2 Å². The molecule has 0 unspecified atom stereocenters. The first-order chi connectivity index (χ1) is 12.1. The highest BCUT2D eigenvalue weighted by atomic mass is 35.5. The Hall–Kier alpha value is -1.44. The van der Waals surface area contributed by atoms with Crippen molar-refractivity contribution in [3.63, 3.8) is 0 Å². The van der Waals surface area contributed by atoms with Crippen LogP contribution in [0.15, 0.2) is 21.0 Å². The summed E-state index contributed by atoms with van der Waals surface area (Å²) < 4.78 is 1.63. The molecule has 0 atom stereocenters. The molecule has 3 heterocycles. The van der Waals surface area contributed by atoms with Gasteiger partial charge in [0.2, 0.25) is 0 Å². The molecule has 25 heavy (non-hydrogen) atoms. The van der Waals surface area contributed by atoms with Crippen LogP contribution in [-0.2, 0) is 19.9 Å². The lowest BCUT2D eigenvalue weighted by molar-refractivity contribution is 0.725. The third-order valence-corrected chi connectivity index (χ3v) is 7.08. The van der Waals surface area contributed by atoms with Crippen LogP contribution >= 0.6 is 34.7 Å². The van der Waals surface area contributed by atoms with Gasteiger partial charge in [-0.3, -0.25) is 9.36 Å². The van der Waals surface area contributed by atoms with Gasteiger partial charge < -0.3 is 0 Å². The van der Waals surface area contributed by atoms with E-state index in [1.807, 2.05) is 0 Å². The number of hydrogen-bond acceptors (Lipinski definition) is 6. The normalized spacial score (nSPS) is 16.6. The molecule has 0 aliphatic heterocycles. The fourth-order valence-electron chi connectivity index (χ4n) is 3.28. The molecule has 0 amide bonds. The summed E-state index contributed by atoms with van der Waals surface area (Å²) in [5.74, 6) is 1.23. The lowest BCUT2D eigenvalue weighted by Gasteiger charge is -2.08. The molecule has 1 saturated carbocycles. The van der Waals surface area contributed by atoms with Crippen molar-refractivity contribution in [2.45, 2.75) is 48.2 Å². The number of hydrogen-bond donors (Lipinski definition) is 0. The van der Waals surface area contributed by atoms with Gasteiger partial charge in [0, 0.05) is 23.9 Å². The highest BCUT2D eigenvalue weighted by Crippen LogP contribution is 2.40. The molecule has 0 bridgehead atoms. The minimum absolute atomic E-state index is 0.0365. The van der Waals surface area contributed by atoms with Crippen molar-refractivity contribution < 1.29 is 0 Å². The molecule has 0 saturated heterocycles. The summed E-state index contributed by atoms with van der Waals surface area (Å²) in [6.07, 6.45) is 5.43. The smallest absolute Gasteiger partial charge is 0.262 e. The first kappa shape index (κ1) is 15.8. The molecule has 0 N–H and O–H groups in total. The second-order valence-electron chi connectivity index (χ2n) is 6.56. The van der Waals surface area contributed by atoms with Gasteiger partial charge in [0.05, 0.1) is 5.39 Å². The average Bonchev–Trinajstić information content (AvgIpc) is 3.23. The Balaban J connectivity index is 1.59. The molecule has 0 aromatic carbocycles. The van der Waals surface area contributed by atoms with Gasteiger partial charge in [0.1, 0.15) is 20.8 Å². The predicted molar refractivity (Wildman–Crippen MR) is 100 cm³/mol. The van der Waals surface area contributed by atoms with E-state index < -0.39 is 0 Å². The van der Waals surface area contributed by atoms with E-state index in [4.69, 9.17) is 16.6 Å². The molecule has 1 fully saturated rings. The molecular weight excluding hydrogens is 376 g/mol. The van der Waals surface area contributed by atoms with Gasteiger partial charge in [0.15, 0.2) is 5.16 Å². The van der Waals surface area contributed by atoms with Gasteiger partial charge in [-0.15, -0.1) is 11.3 Å². The maximum atomic E-state index is 12.9. The van der Waals surface area contributed by atoms with Crippen LogP contribution in [0.2, 0.25) is 5.15 Å². The van der Waals surface area contributed by atoms with Crippen LogP contribution in [0.3, 0.4) is 0 Å². The van der Waals surface area contributed by atoms with Crippen LogP contribution < -0.4 is 5.56 Å². The Bertz CT molecular complexity index is 1070. The summed E-state index contributed by atoms with van der Waals surface area (Å²) in [5.41, 5.74) is 1.25. The molecule has 8 heteroatoms. The molecule has 3 aromatic rings. The molecule has 128 valence electrons. The molecule has 5 nitrogen and oxygen atoms in total. The van der Waals surface area contributed by atoms with Crippen molar-refractivity contribution >= 4 is 44.9 Å². The van der Waals surface area contributed by atoms with Crippen molar-refractivity contribution in [3.05, 3.63) is 37.8 Å². The summed E-state index contributed by atoms with van der Waals surface area (Å²) in [5, 5.41) is 2.64. The monoisotopic (exact) mass is 390 g/mol. The second kappa shape index (κ2) is 5.79. The highest BCUT2D eigenvalue weighted by molar-refractivity contribution is 7.99. The zero-order valence-electron chi connectivity index (χ0n) is 13.6. The molecule has 0 radical (unpaired) electrons. The Morgan fingerprint density at radius 1 is 1.28 bits per heavy atom. The van der Waals surface area contributed by atoms with Crippen LogP contribution in [0.1, 0.15) is 41.4 Å². The largest absolute Gasteiger partial charge is 0.290 e. The van der Waals surface area contributed by atoms with E-state index in [-0.39, 0.29) is 5.56 Å². The Morgan fingerprint density at radius 2 is 2.12 bits per heavy atom. The van der Waals surface area contributed by atoms with Crippen LogP contribution in [0.4, 0.5) is 0 Å². The van der Waals surface area contributed by atoms with E-state index >= 15 is 0 Å². The summed E-state index contributed by atoms with van der Waals surface area (Å²) in [6.45, 7) is 0. The van der Waals surface area contributed by atoms with E-state index in [1.54, 1.807) is 29.0 Å². The minimum Gasteiger partial charge on any atom is -0.290 e. The van der Waals surface area contributed by atoms with Gasteiger partial charge in [0.25, 0.3) is 5.56 Å². The average molecular weight is 391 g/mol. The van der Waals surface area contributed by atoms with Crippen molar-refractivity contribution in [1.82, 2.24) is 19.5 Å². The maximum absolute atomic E-state index is 12.9. The number of aromatic nitrogens is 4. The van der Waals surface area contributed by atoms with Crippen molar-refractivity contribution in [1.29, 1.82) is 0 Å². The highest BCUT2D eigenvalue weighted by Gasteiger charge is 2.28. The SMILES string of the molecule is Cn1c(Sc2cc(Cl)nc(C3CC3)n2)nc2sc3c(c2c1=O)CCC3. The van der Waals surface area contributed by atoms with Crippen LogP contribution in [0.5, 0.6) is 0 Å². The molecule has 5 rings (SSSR count). The topological polar surface area (TPSA) is 60.7 Å². The third-order valence-electron chi connectivity index (χ3n) is 4.73. The van der Waals surface area contributed by atoms with Crippen molar-refractivity contribution in [2.24, 2.45) is 7.05 Å². The number of thiophene rings is 1. The summed E-state index contributed by atoms with van der Waals surface area (Å²) in [6, 6.07) is 1.74. The van der Waals surface area contributed by atoms with E-state index in [0.29, 0.717) is 16.2 Å². The Labute approximate surface area is 157 Å². The van der Waals surface area contributed by atoms with Crippen molar-refractivity contribution in [2.75, 3.05) is 0 Å². The van der Waals surface area contributed by atoms with Crippen molar-refractivity contribution in [3.8, 4) is 0 Å². The minimum atomic E-state index is 0.0365. The van der Waals surface area contributed by atoms with Gasteiger partial charge in [-0.05, 0) is 49.4 Å². The summed E-state index contributed by atoms with van der Waals surface area (Å²) >= 11 is 9.19. The van der Waals surface area contributed by atoms with Gasteiger partial charge >= 0.3 is 0 Å². The lowest BCUT2D eigenvalue weighted by atomic mass is 10.2. The standard InChI is InChI=1S/C17H15ClN4OS2/c1-22-16(23)13-9-3-2-4-10(9)24-15(13)21-17(22)25-12-7-11(18)19-14(20-12)8-5-6-8/h7-8H,2-6H2,1H3. The summed E-state index contributed by atoms with van der Waals surface area (Å²) in [4.78, 5) is 28.7. The fraction of sp³-hybridized carbons (Fsp3) is 0.412. The number of rotatable bonds is 3. The van der Waals surface area contributed by atoms with Gasteiger partial charge in [-0.1, -0.05) is 11.6 Å². The molecule has 0 spiro atoms. The third kappa shape index (κ3) is 2.69. The molecule has 2 aliphatic carbocycles. The summed E-state index contributed by atoms with van der Waals surface area (Å²) in [7, 11) is 1.78. The van der Waals surface area contributed by atoms with Crippen LogP contribution in [0, 0.1) is 0 Å². The maximum Gasteiger partial charge on any atom is 0.262 e. The zero-order chi connectivity index (χ0) is 17.1. The first-order valence-corrected chi connectivity index (χ1v) is 10.3. The van der Waals surface area contributed by atoms with E-state index in [1.165, 1.54) is 22.2 Å². The fourth-order valence-corrected chi connectivity index (χ4v) is 5.70. The molecular formula is C17H15ClN4OS2. The number of halogens is 1. The molecule has 3 aromatic heterocycles. The van der Waals surface area contributed by atoms with E-state index in [2.05, 4.69) is 9.97 Å². The van der Waals surface area contributed by atoms with E-state index in [9.17, 15) is 4.79 Å².